The van der Waals surface area contributed by atoms with E-state index in [9.17, 15) is 14.0 Å². The molecule has 1 saturated heterocycles. The number of carboxylic acids is 1. The van der Waals surface area contributed by atoms with Gasteiger partial charge in [0.25, 0.3) is 0 Å². The number of nitrogens with one attached hydrogen (secondary N) is 1. The lowest BCUT2D eigenvalue weighted by Gasteiger charge is -2.30. The number of likely N-dealkylation sites (tertiary alicyclic amines) is 1. The van der Waals surface area contributed by atoms with Gasteiger partial charge in [-0.3, -0.25) is 4.79 Å². The number of amides is 1. The van der Waals surface area contributed by atoms with Crippen LogP contribution >= 0.6 is 0 Å². The Bertz CT molecular complexity index is 521. The second-order valence-electron chi connectivity index (χ2n) is 4.51. The van der Waals surface area contributed by atoms with Crippen LogP contribution in [0.1, 0.15) is 23.2 Å². The van der Waals surface area contributed by atoms with Crippen LogP contribution in [-0.4, -0.2) is 46.5 Å². The van der Waals surface area contributed by atoms with E-state index in [2.05, 4.69) is 10.3 Å². The highest BCUT2D eigenvalue weighted by molar-refractivity contribution is 5.93. The number of rotatable bonds is 3. The fraction of sp³-hybridized carbons (Fsp3) is 0.417. The zero-order chi connectivity index (χ0) is 14.0. The van der Waals surface area contributed by atoms with Crippen molar-refractivity contribution in [3.05, 3.63) is 23.6 Å². The van der Waals surface area contributed by atoms with Crippen LogP contribution in [0, 0.1) is 5.82 Å². The number of hydrogen-bond acceptors (Lipinski definition) is 4. The standard InChI is InChI=1S/C12H14FN3O3/c1-16-6-8(2-3-10(16)17)15-11-9(12(18)19)4-7(13)5-14-11/h4-5,8H,2-3,6H2,1H3,(H,14,15)(H,18,19). The highest BCUT2D eigenvalue weighted by Gasteiger charge is 2.24. The number of piperidine rings is 1. The molecule has 7 heteroatoms. The minimum Gasteiger partial charge on any atom is -0.478 e. The summed E-state index contributed by atoms with van der Waals surface area (Å²) in [6.45, 7) is 0.469. The molecular weight excluding hydrogens is 253 g/mol. The molecule has 2 heterocycles. The zero-order valence-corrected chi connectivity index (χ0v) is 10.4. The van der Waals surface area contributed by atoms with Crippen LogP contribution in [0.15, 0.2) is 12.3 Å². The molecule has 1 atom stereocenters. The molecule has 0 saturated carbocycles. The van der Waals surface area contributed by atoms with Crippen molar-refractivity contribution in [3.8, 4) is 0 Å². The molecule has 2 rings (SSSR count). The van der Waals surface area contributed by atoms with Crippen LogP contribution in [0.2, 0.25) is 0 Å². The van der Waals surface area contributed by atoms with E-state index in [1.807, 2.05) is 0 Å². The molecule has 1 aliphatic heterocycles. The fourth-order valence-corrected chi connectivity index (χ4v) is 2.04. The van der Waals surface area contributed by atoms with E-state index in [4.69, 9.17) is 5.11 Å². The minimum atomic E-state index is -1.24. The molecule has 1 aromatic rings. The lowest BCUT2D eigenvalue weighted by Crippen LogP contribution is -2.43. The van der Waals surface area contributed by atoms with Gasteiger partial charge in [-0.15, -0.1) is 0 Å². The Morgan fingerprint density at radius 1 is 1.63 bits per heavy atom. The quantitative estimate of drug-likeness (QED) is 0.852. The lowest BCUT2D eigenvalue weighted by atomic mass is 10.1. The lowest BCUT2D eigenvalue weighted by molar-refractivity contribution is -0.132. The third-order valence-corrected chi connectivity index (χ3v) is 3.05. The molecule has 0 bridgehead atoms. The first-order valence-corrected chi connectivity index (χ1v) is 5.86. The molecule has 0 aliphatic carbocycles. The number of carboxylic acid groups (broad SMARTS) is 1. The second-order valence-corrected chi connectivity index (χ2v) is 4.51. The van der Waals surface area contributed by atoms with Gasteiger partial charge < -0.3 is 15.3 Å². The van der Waals surface area contributed by atoms with Gasteiger partial charge >= 0.3 is 5.97 Å². The molecule has 6 nitrogen and oxygen atoms in total. The zero-order valence-electron chi connectivity index (χ0n) is 10.4. The first-order chi connectivity index (χ1) is 8.97. The maximum atomic E-state index is 13.0. The summed E-state index contributed by atoms with van der Waals surface area (Å²) in [5.41, 5.74) is -0.209. The molecule has 2 N–H and O–H groups in total. The van der Waals surface area contributed by atoms with E-state index in [0.29, 0.717) is 19.4 Å². The molecule has 1 amide bonds. The first-order valence-electron chi connectivity index (χ1n) is 5.86. The van der Waals surface area contributed by atoms with E-state index >= 15 is 0 Å². The number of carbonyl (C=O) groups excluding carboxylic acids is 1. The summed E-state index contributed by atoms with van der Waals surface area (Å²) >= 11 is 0. The molecule has 1 fully saturated rings. The Balaban J connectivity index is 2.15. The predicted molar refractivity (Wildman–Crippen MR) is 65.4 cm³/mol. The number of aromatic carboxylic acids is 1. The third-order valence-electron chi connectivity index (χ3n) is 3.05. The number of aromatic nitrogens is 1. The molecule has 1 unspecified atom stereocenters. The Hall–Kier alpha value is -2.18. The number of likely N-dealkylation sites (N-methyl/N-ethyl adjacent to an activating group) is 1. The van der Waals surface area contributed by atoms with Crippen LogP contribution in [0.3, 0.4) is 0 Å². The Morgan fingerprint density at radius 3 is 3.00 bits per heavy atom. The summed E-state index contributed by atoms with van der Waals surface area (Å²) in [6, 6.07) is 0.841. The maximum Gasteiger partial charge on any atom is 0.339 e. The molecule has 0 radical (unpaired) electrons. The summed E-state index contributed by atoms with van der Waals surface area (Å²) in [4.78, 5) is 27.7. The molecule has 0 aromatic carbocycles. The van der Waals surface area contributed by atoms with Crippen LogP contribution < -0.4 is 5.32 Å². The predicted octanol–water partition coefficient (Wildman–Crippen LogP) is 0.952. The average molecular weight is 267 g/mol. The van der Waals surface area contributed by atoms with Crippen molar-refractivity contribution in [3.63, 3.8) is 0 Å². The minimum absolute atomic E-state index is 0.0589. The monoisotopic (exact) mass is 267 g/mol. The number of hydrogen-bond donors (Lipinski definition) is 2. The number of halogens is 1. The van der Waals surface area contributed by atoms with Crippen LogP contribution in [-0.2, 0) is 4.79 Å². The van der Waals surface area contributed by atoms with Gasteiger partial charge in [0.05, 0.1) is 6.20 Å². The van der Waals surface area contributed by atoms with Gasteiger partial charge in [-0.1, -0.05) is 0 Å². The summed E-state index contributed by atoms with van der Waals surface area (Å²) in [5.74, 6) is -1.75. The van der Waals surface area contributed by atoms with E-state index in [0.717, 1.165) is 12.3 Å². The highest BCUT2D eigenvalue weighted by Crippen LogP contribution is 2.18. The van der Waals surface area contributed by atoms with Gasteiger partial charge in [-0.05, 0) is 12.5 Å². The number of carbonyl (C=O) groups is 2. The van der Waals surface area contributed by atoms with Crippen molar-refractivity contribution in [2.24, 2.45) is 0 Å². The average Bonchev–Trinajstić information content (AvgIpc) is 2.36. The van der Waals surface area contributed by atoms with Gasteiger partial charge in [0.1, 0.15) is 17.2 Å². The number of anilines is 1. The summed E-state index contributed by atoms with van der Waals surface area (Å²) in [7, 11) is 1.69. The van der Waals surface area contributed by atoms with Crippen LogP contribution in [0.5, 0.6) is 0 Å². The first kappa shape index (κ1) is 13.3. The van der Waals surface area contributed by atoms with Gasteiger partial charge in [-0.2, -0.15) is 0 Å². The van der Waals surface area contributed by atoms with Crippen molar-refractivity contribution in [2.75, 3.05) is 18.9 Å². The van der Waals surface area contributed by atoms with Crippen molar-refractivity contribution in [1.29, 1.82) is 0 Å². The summed E-state index contributed by atoms with van der Waals surface area (Å²) < 4.78 is 13.0. The van der Waals surface area contributed by atoms with Gasteiger partial charge in [0, 0.05) is 26.1 Å². The molecule has 0 spiro atoms. The second kappa shape index (κ2) is 5.21. The van der Waals surface area contributed by atoms with E-state index in [-0.39, 0.29) is 23.3 Å². The molecule has 1 aliphatic rings. The van der Waals surface area contributed by atoms with Crippen LogP contribution in [0.4, 0.5) is 10.2 Å². The smallest absolute Gasteiger partial charge is 0.339 e. The summed E-state index contributed by atoms with van der Waals surface area (Å²) in [6.07, 6.45) is 1.96. The Labute approximate surface area is 109 Å². The molecule has 1 aromatic heterocycles. The highest BCUT2D eigenvalue weighted by atomic mass is 19.1. The molecular formula is C12H14FN3O3. The van der Waals surface area contributed by atoms with Crippen molar-refractivity contribution in [2.45, 2.75) is 18.9 Å². The van der Waals surface area contributed by atoms with E-state index < -0.39 is 11.8 Å². The largest absolute Gasteiger partial charge is 0.478 e. The molecule has 102 valence electrons. The van der Waals surface area contributed by atoms with Crippen molar-refractivity contribution < 1.29 is 19.1 Å². The topological polar surface area (TPSA) is 82.5 Å². The molecule has 19 heavy (non-hydrogen) atoms. The van der Waals surface area contributed by atoms with Gasteiger partial charge in [0.15, 0.2) is 0 Å². The van der Waals surface area contributed by atoms with Crippen LogP contribution in [0.25, 0.3) is 0 Å². The van der Waals surface area contributed by atoms with Gasteiger partial charge in [-0.25, -0.2) is 14.2 Å². The maximum absolute atomic E-state index is 13.0. The fourth-order valence-electron chi connectivity index (χ4n) is 2.04. The van der Waals surface area contributed by atoms with E-state index in [1.54, 1.807) is 11.9 Å². The Morgan fingerprint density at radius 2 is 2.37 bits per heavy atom. The number of nitrogens with zero attached hydrogens (tertiary/aromatic N) is 2. The van der Waals surface area contributed by atoms with Gasteiger partial charge in [0.2, 0.25) is 5.91 Å². The van der Waals surface area contributed by atoms with Crippen molar-refractivity contribution >= 4 is 17.7 Å². The SMILES string of the molecule is CN1CC(Nc2ncc(F)cc2C(=O)O)CCC1=O. The normalized spacial score (nSPS) is 19.4. The third kappa shape index (κ3) is 2.98. The number of pyridine rings is 1. The van der Waals surface area contributed by atoms with E-state index in [1.165, 1.54) is 0 Å². The Kier molecular flexibility index (Phi) is 3.64. The van der Waals surface area contributed by atoms with Crippen molar-refractivity contribution in [1.82, 2.24) is 9.88 Å². The summed E-state index contributed by atoms with van der Waals surface area (Å²) in [5, 5.41) is 12.0.